The molecule has 0 spiro atoms. The van der Waals surface area contributed by atoms with Gasteiger partial charge in [-0.2, -0.15) is 0 Å². The van der Waals surface area contributed by atoms with Gasteiger partial charge in [-0.15, -0.1) is 0 Å². The first-order valence-electron chi connectivity index (χ1n) is 7.95. The summed E-state index contributed by atoms with van der Waals surface area (Å²) in [6.45, 7) is 2.05. The van der Waals surface area contributed by atoms with Gasteiger partial charge < -0.3 is 15.5 Å². The van der Waals surface area contributed by atoms with Gasteiger partial charge in [0.25, 0.3) is 5.91 Å². The van der Waals surface area contributed by atoms with Gasteiger partial charge in [-0.05, 0) is 32.1 Å². The Bertz CT molecular complexity index is 504. The summed E-state index contributed by atoms with van der Waals surface area (Å²) in [5.41, 5.74) is 6.01. The van der Waals surface area contributed by atoms with E-state index in [1.54, 1.807) is 0 Å². The fourth-order valence-electron chi connectivity index (χ4n) is 2.97. The number of hydrogen-bond acceptors (Lipinski definition) is 5. The third kappa shape index (κ3) is 3.00. The summed E-state index contributed by atoms with van der Waals surface area (Å²) in [4.78, 5) is 21.8. The fraction of sp³-hybridized carbons (Fsp3) is 0.733. The predicted molar refractivity (Wildman–Crippen MR) is 86.9 cm³/mol. The Morgan fingerprint density at radius 3 is 2.48 bits per heavy atom. The fourth-order valence-corrected chi connectivity index (χ4v) is 3.99. The Morgan fingerprint density at radius 2 is 1.90 bits per heavy atom. The summed E-state index contributed by atoms with van der Waals surface area (Å²) in [5.74, 6) is 0.436. The molecule has 0 bridgehead atoms. The summed E-state index contributed by atoms with van der Waals surface area (Å²) >= 11 is 1.46. The monoisotopic (exact) mass is 308 g/mol. The summed E-state index contributed by atoms with van der Waals surface area (Å²) in [6, 6.07) is 0.389. The lowest BCUT2D eigenvalue weighted by Crippen LogP contribution is -2.41. The van der Waals surface area contributed by atoms with Gasteiger partial charge in [0, 0.05) is 26.2 Å². The average molecular weight is 308 g/mol. The second kappa shape index (κ2) is 6.22. The quantitative estimate of drug-likeness (QED) is 0.932. The molecule has 1 saturated heterocycles. The van der Waals surface area contributed by atoms with E-state index in [1.165, 1.54) is 43.4 Å². The molecule has 21 heavy (non-hydrogen) atoms. The molecule has 1 aliphatic heterocycles. The van der Waals surface area contributed by atoms with Gasteiger partial charge in [-0.3, -0.25) is 4.79 Å². The number of nitrogens with zero attached hydrogens (tertiary/aromatic N) is 3. The predicted octanol–water partition coefficient (Wildman–Crippen LogP) is 2.73. The van der Waals surface area contributed by atoms with E-state index in [4.69, 9.17) is 5.73 Å². The van der Waals surface area contributed by atoms with Gasteiger partial charge in [-0.25, -0.2) is 4.98 Å². The van der Waals surface area contributed by atoms with Crippen LogP contribution in [0, 0.1) is 0 Å². The van der Waals surface area contributed by atoms with E-state index in [9.17, 15) is 4.79 Å². The molecular formula is C15H24N4OS. The summed E-state index contributed by atoms with van der Waals surface area (Å²) in [5, 5.41) is 0.916. The molecule has 0 radical (unpaired) electrons. The van der Waals surface area contributed by atoms with Crippen molar-refractivity contribution in [3.63, 3.8) is 0 Å². The normalized spacial score (nSPS) is 20.0. The van der Waals surface area contributed by atoms with Crippen molar-refractivity contribution in [1.82, 2.24) is 9.88 Å². The third-order valence-electron chi connectivity index (χ3n) is 4.66. The molecule has 0 unspecified atom stereocenters. The van der Waals surface area contributed by atoms with Crippen LogP contribution in [0.15, 0.2) is 0 Å². The first-order valence-corrected chi connectivity index (χ1v) is 8.77. The average Bonchev–Trinajstić information content (AvgIpc) is 2.64. The zero-order valence-corrected chi connectivity index (χ0v) is 13.5. The molecule has 0 aromatic carbocycles. The lowest BCUT2D eigenvalue weighted by molar-refractivity contribution is 0.0658. The first kappa shape index (κ1) is 14.6. The second-order valence-electron chi connectivity index (χ2n) is 6.11. The Morgan fingerprint density at radius 1 is 1.24 bits per heavy atom. The first-order chi connectivity index (χ1) is 10.2. The molecule has 1 amide bonds. The number of aromatic nitrogens is 1. The lowest BCUT2D eigenvalue weighted by Gasteiger charge is -2.34. The Hall–Kier alpha value is -1.30. The largest absolute Gasteiger partial charge is 0.382 e. The van der Waals surface area contributed by atoms with Crippen molar-refractivity contribution >= 4 is 28.2 Å². The highest BCUT2D eigenvalue weighted by molar-refractivity contribution is 7.18. The van der Waals surface area contributed by atoms with Crippen LogP contribution in [0.4, 0.5) is 10.9 Å². The van der Waals surface area contributed by atoms with Crippen LogP contribution in [0.1, 0.15) is 54.6 Å². The molecule has 3 rings (SSSR count). The number of rotatable bonds is 3. The number of nitrogen functional groups attached to an aromatic ring is 1. The van der Waals surface area contributed by atoms with E-state index in [1.807, 2.05) is 11.9 Å². The highest BCUT2D eigenvalue weighted by Crippen LogP contribution is 2.32. The molecule has 1 aliphatic carbocycles. The molecule has 2 aliphatic rings. The number of nitrogens with two attached hydrogens (primary N) is 1. The minimum Gasteiger partial charge on any atom is -0.382 e. The van der Waals surface area contributed by atoms with Gasteiger partial charge in [-0.1, -0.05) is 24.2 Å². The molecule has 2 N–H and O–H groups in total. The zero-order chi connectivity index (χ0) is 14.8. The molecule has 2 heterocycles. The lowest BCUT2D eigenvalue weighted by atomic mass is 9.92. The van der Waals surface area contributed by atoms with Crippen LogP contribution in [0.3, 0.4) is 0 Å². The van der Waals surface area contributed by atoms with Crippen LogP contribution in [0.2, 0.25) is 0 Å². The number of carbonyl (C=O) groups excluding carboxylic acids is 1. The van der Waals surface area contributed by atoms with Crippen LogP contribution < -0.4 is 10.6 Å². The number of thiazole rings is 1. The van der Waals surface area contributed by atoms with Crippen LogP contribution in [-0.4, -0.2) is 42.0 Å². The SMILES string of the molecule is CN(C(=O)c1sc(N2CCCCCC2)nc1N)C1CCC1. The maximum absolute atomic E-state index is 12.6. The van der Waals surface area contributed by atoms with E-state index in [-0.39, 0.29) is 5.91 Å². The maximum Gasteiger partial charge on any atom is 0.267 e. The second-order valence-corrected chi connectivity index (χ2v) is 7.09. The number of carbonyl (C=O) groups is 1. The number of anilines is 2. The minimum absolute atomic E-state index is 0.0378. The smallest absolute Gasteiger partial charge is 0.267 e. The summed E-state index contributed by atoms with van der Waals surface area (Å²) in [7, 11) is 1.89. The number of amides is 1. The maximum atomic E-state index is 12.6. The van der Waals surface area contributed by atoms with E-state index in [2.05, 4.69) is 9.88 Å². The van der Waals surface area contributed by atoms with Gasteiger partial charge in [0.1, 0.15) is 10.7 Å². The van der Waals surface area contributed by atoms with Crippen LogP contribution >= 0.6 is 11.3 Å². The van der Waals surface area contributed by atoms with Crippen molar-refractivity contribution in [1.29, 1.82) is 0 Å². The molecule has 116 valence electrons. The van der Waals surface area contributed by atoms with Crippen LogP contribution in [0.25, 0.3) is 0 Å². The van der Waals surface area contributed by atoms with E-state index >= 15 is 0 Å². The minimum atomic E-state index is 0.0378. The van der Waals surface area contributed by atoms with Gasteiger partial charge in [0.15, 0.2) is 5.13 Å². The topological polar surface area (TPSA) is 62.5 Å². The van der Waals surface area contributed by atoms with Crippen molar-refractivity contribution in [3.8, 4) is 0 Å². The molecule has 1 saturated carbocycles. The Balaban J connectivity index is 1.75. The van der Waals surface area contributed by atoms with Crippen molar-refractivity contribution in [3.05, 3.63) is 4.88 Å². The van der Waals surface area contributed by atoms with E-state index in [0.29, 0.717) is 16.7 Å². The van der Waals surface area contributed by atoms with Crippen molar-refractivity contribution in [2.75, 3.05) is 30.8 Å². The zero-order valence-electron chi connectivity index (χ0n) is 12.7. The molecular weight excluding hydrogens is 284 g/mol. The molecule has 5 nitrogen and oxygen atoms in total. The van der Waals surface area contributed by atoms with Crippen molar-refractivity contribution < 1.29 is 4.79 Å². The summed E-state index contributed by atoms with van der Waals surface area (Å²) < 4.78 is 0. The van der Waals surface area contributed by atoms with Crippen LogP contribution in [-0.2, 0) is 0 Å². The molecule has 1 aromatic rings. The molecule has 6 heteroatoms. The standard InChI is InChI=1S/C15H24N4OS/c1-18(11-7-6-8-11)14(20)12-13(16)17-15(21-12)19-9-4-2-3-5-10-19/h11H,2-10,16H2,1H3. The van der Waals surface area contributed by atoms with E-state index in [0.717, 1.165) is 31.1 Å². The van der Waals surface area contributed by atoms with Crippen molar-refractivity contribution in [2.24, 2.45) is 0 Å². The van der Waals surface area contributed by atoms with Crippen molar-refractivity contribution in [2.45, 2.75) is 51.0 Å². The van der Waals surface area contributed by atoms with Crippen LogP contribution in [0.5, 0.6) is 0 Å². The van der Waals surface area contributed by atoms with Gasteiger partial charge in [0.2, 0.25) is 0 Å². The highest BCUT2D eigenvalue weighted by Gasteiger charge is 2.29. The highest BCUT2D eigenvalue weighted by atomic mass is 32.1. The Kier molecular flexibility index (Phi) is 4.33. The van der Waals surface area contributed by atoms with Gasteiger partial charge >= 0.3 is 0 Å². The molecule has 2 fully saturated rings. The van der Waals surface area contributed by atoms with Gasteiger partial charge in [0.05, 0.1) is 0 Å². The summed E-state index contributed by atoms with van der Waals surface area (Å²) in [6.07, 6.45) is 8.41. The Labute approximate surface area is 130 Å². The molecule has 1 aromatic heterocycles. The third-order valence-corrected chi connectivity index (χ3v) is 5.78. The van der Waals surface area contributed by atoms with E-state index < -0.39 is 0 Å². The number of hydrogen-bond donors (Lipinski definition) is 1. The molecule has 0 atom stereocenters.